The molecule has 0 aromatic heterocycles. The van der Waals surface area contributed by atoms with Crippen molar-refractivity contribution in [2.45, 2.75) is 44.6 Å². The molecule has 0 unspecified atom stereocenters. The highest BCUT2D eigenvalue weighted by atomic mass is 16.5. The summed E-state index contributed by atoms with van der Waals surface area (Å²) in [6.07, 6.45) is 6.33. The van der Waals surface area contributed by atoms with Crippen molar-refractivity contribution in [3.63, 3.8) is 0 Å². The van der Waals surface area contributed by atoms with Gasteiger partial charge < -0.3 is 14.4 Å². The summed E-state index contributed by atoms with van der Waals surface area (Å²) >= 11 is 0. The first-order valence-electron chi connectivity index (χ1n) is 10.3. The average Bonchev–Trinajstić information content (AvgIpc) is 2.89. The second-order valence-electron chi connectivity index (χ2n) is 7.68. The smallest absolute Gasteiger partial charge is 0.278 e. The van der Waals surface area contributed by atoms with Crippen LogP contribution in [0.15, 0.2) is 30.0 Å². The number of methoxy groups -OCH3 is 1. The average molecular weight is 384 g/mol. The monoisotopic (exact) mass is 384 g/mol. The molecular weight excluding hydrogens is 356 g/mol. The first-order chi connectivity index (χ1) is 13.7. The SMILES string of the molecule is COc1ccc(C2=C(N3CCOCC3)C(=O)N(C3CCCCCC3)C2=O)cc1. The minimum Gasteiger partial charge on any atom is -0.497 e. The zero-order valence-electron chi connectivity index (χ0n) is 16.5. The Morgan fingerprint density at radius 3 is 2.18 bits per heavy atom. The van der Waals surface area contributed by atoms with Crippen molar-refractivity contribution in [3.05, 3.63) is 35.5 Å². The van der Waals surface area contributed by atoms with Gasteiger partial charge in [0.15, 0.2) is 0 Å². The van der Waals surface area contributed by atoms with Crippen molar-refractivity contribution in [1.82, 2.24) is 9.80 Å². The third kappa shape index (κ3) is 3.53. The van der Waals surface area contributed by atoms with Gasteiger partial charge in [0.05, 0.1) is 25.9 Å². The molecule has 1 aromatic rings. The van der Waals surface area contributed by atoms with Crippen LogP contribution in [0.2, 0.25) is 0 Å². The van der Waals surface area contributed by atoms with Crippen molar-refractivity contribution < 1.29 is 19.1 Å². The molecule has 6 nitrogen and oxygen atoms in total. The molecule has 28 heavy (non-hydrogen) atoms. The molecule has 0 spiro atoms. The Hall–Kier alpha value is -2.34. The summed E-state index contributed by atoms with van der Waals surface area (Å²) in [5.74, 6) is 0.447. The van der Waals surface area contributed by atoms with E-state index < -0.39 is 0 Å². The summed E-state index contributed by atoms with van der Waals surface area (Å²) in [4.78, 5) is 30.5. The standard InChI is InChI=1S/C22H28N2O4/c1-27-18-10-8-16(9-11-18)19-20(23-12-14-28-15-13-23)22(26)24(21(19)25)17-6-4-2-3-5-7-17/h8-11,17H,2-7,12-15H2,1H3. The molecule has 3 aliphatic rings. The fourth-order valence-corrected chi connectivity index (χ4v) is 4.48. The first-order valence-corrected chi connectivity index (χ1v) is 10.3. The van der Waals surface area contributed by atoms with E-state index in [1.807, 2.05) is 29.2 Å². The van der Waals surface area contributed by atoms with E-state index in [9.17, 15) is 9.59 Å². The van der Waals surface area contributed by atoms with Crippen LogP contribution < -0.4 is 4.74 Å². The van der Waals surface area contributed by atoms with E-state index in [4.69, 9.17) is 9.47 Å². The van der Waals surface area contributed by atoms with Gasteiger partial charge in [-0.15, -0.1) is 0 Å². The van der Waals surface area contributed by atoms with Crippen LogP contribution in [0.3, 0.4) is 0 Å². The summed E-state index contributed by atoms with van der Waals surface area (Å²) in [5, 5.41) is 0. The van der Waals surface area contributed by atoms with Crippen molar-refractivity contribution in [3.8, 4) is 5.75 Å². The summed E-state index contributed by atoms with van der Waals surface area (Å²) in [6, 6.07) is 7.43. The molecule has 0 bridgehead atoms. The van der Waals surface area contributed by atoms with Crippen molar-refractivity contribution in [2.24, 2.45) is 0 Å². The lowest BCUT2D eigenvalue weighted by atomic mass is 10.0. The van der Waals surface area contributed by atoms with Crippen LogP contribution in [0.5, 0.6) is 5.75 Å². The topological polar surface area (TPSA) is 59.1 Å². The number of benzene rings is 1. The summed E-state index contributed by atoms with van der Waals surface area (Å²) in [7, 11) is 1.62. The molecule has 150 valence electrons. The van der Waals surface area contributed by atoms with E-state index in [0.29, 0.717) is 37.6 Å². The van der Waals surface area contributed by atoms with Crippen molar-refractivity contribution >= 4 is 17.4 Å². The van der Waals surface area contributed by atoms with Gasteiger partial charge in [-0.1, -0.05) is 37.8 Å². The maximum absolute atomic E-state index is 13.5. The molecule has 1 saturated heterocycles. The molecule has 6 heteroatoms. The second-order valence-corrected chi connectivity index (χ2v) is 7.68. The number of carbonyl (C=O) groups excluding carboxylic acids is 2. The van der Waals surface area contributed by atoms with Crippen LogP contribution >= 0.6 is 0 Å². The highest BCUT2D eigenvalue weighted by Gasteiger charge is 2.44. The summed E-state index contributed by atoms with van der Waals surface area (Å²) in [5.41, 5.74) is 1.85. The van der Waals surface area contributed by atoms with Gasteiger partial charge in [0.25, 0.3) is 11.8 Å². The molecule has 0 radical (unpaired) electrons. The lowest BCUT2D eigenvalue weighted by Gasteiger charge is -2.31. The zero-order valence-corrected chi connectivity index (χ0v) is 16.5. The Bertz CT molecular complexity index is 757. The van der Waals surface area contributed by atoms with Crippen LogP contribution in [-0.2, 0) is 14.3 Å². The van der Waals surface area contributed by atoms with Gasteiger partial charge in [-0.3, -0.25) is 14.5 Å². The second kappa shape index (κ2) is 8.35. The van der Waals surface area contributed by atoms with Crippen LogP contribution in [0, 0.1) is 0 Å². The van der Waals surface area contributed by atoms with Gasteiger partial charge >= 0.3 is 0 Å². The summed E-state index contributed by atoms with van der Waals surface area (Å²) in [6.45, 7) is 2.41. The zero-order chi connectivity index (χ0) is 19.5. The minimum atomic E-state index is -0.149. The maximum Gasteiger partial charge on any atom is 0.278 e. The fourth-order valence-electron chi connectivity index (χ4n) is 4.48. The number of hydrogen-bond acceptors (Lipinski definition) is 5. The third-order valence-electron chi connectivity index (χ3n) is 5.99. The van der Waals surface area contributed by atoms with Gasteiger partial charge in [0, 0.05) is 19.1 Å². The Balaban J connectivity index is 1.72. The van der Waals surface area contributed by atoms with E-state index in [1.54, 1.807) is 12.0 Å². The molecule has 2 fully saturated rings. The summed E-state index contributed by atoms with van der Waals surface area (Å²) < 4.78 is 10.7. The number of amides is 2. The molecule has 2 amide bonds. The number of imide groups is 1. The first kappa shape index (κ1) is 19.0. The molecule has 0 N–H and O–H groups in total. The van der Waals surface area contributed by atoms with Crippen LogP contribution in [-0.4, -0.2) is 61.1 Å². The van der Waals surface area contributed by atoms with Crippen molar-refractivity contribution in [1.29, 1.82) is 0 Å². The number of ether oxygens (including phenoxy) is 2. The van der Waals surface area contributed by atoms with E-state index in [2.05, 4.69) is 0 Å². The largest absolute Gasteiger partial charge is 0.497 e. The molecule has 2 heterocycles. The fraction of sp³-hybridized carbons (Fsp3) is 0.545. The van der Waals surface area contributed by atoms with Gasteiger partial charge in [0.2, 0.25) is 0 Å². The van der Waals surface area contributed by atoms with Crippen LogP contribution in [0.1, 0.15) is 44.1 Å². The van der Waals surface area contributed by atoms with Crippen molar-refractivity contribution in [2.75, 3.05) is 33.4 Å². The molecule has 1 saturated carbocycles. The van der Waals surface area contributed by atoms with E-state index in [1.165, 1.54) is 12.8 Å². The molecule has 1 aromatic carbocycles. The molecule has 1 aliphatic carbocycles. The minimum absolute atomic E-state index is 0.00860. The van der Waals surface area contributed by atoms with Crippen LogP contribution in [0.4, 0.5) is 0 Å². The Morgan fingerprint density at radius 2 is 1.57 bits per heavy atom. The van der Waals surface area contributed by atoms with Crippen LogP contribution in [0.25, 0.3) is 5.57 Å². The molecule has 0 atom stereocenters. The van der Waals surface area contributed by atoms with Gasteiger partial charge in [-0.25, -0.2) is 0 Å². The normalized spacial score (nSPS) is 22.0. The number of hydrogen-bond donors (Lipinski definition) is 0. The predicted molar refractivity (Wildman–Crippen MR) is 106 cm³/mol. The number of rotatable bonds is 4. The third-order valence-corrected chi connectivity index (χ3v) is 5.99. The molecule has 2 aliphatic heterocycles. The maximum atomic E-state index is 13.5. The van der Waals surface area contributed by atoms with Gasteiger partial charge in [0.1, 0.15) is 11.4 Å². The Kier molecular flexibility index (Phi) is 5.67. The highest BCUT2D eigenvalue weighted by molar-refractivity contribution is 6.35. The van der Waals surface area contributed by atoms with Gasteiger partial charge in [-0.05, 0) is 30.5 Å². The highest BCUT2D eigenvalue weighted by Crippen LogP contribution is 2.36. The lowest BCUT2D eigenvalue weighted by Crippen LogP contribution is -2.44. The number of carbonyl (C=O) groups is 2. The lowest BCUT2D eigenvalue weighted by molar-refractivity contribution is -0.140. The molecule has 4 rings (SSSR count). The molecular formula is C22H28N2O4. The number of morpholine rings is 1. The van der Waals surface area contributed by atoms with Gasteiger partial charge in [-0.2, -0.15) is 0 Å². The predicted octanol–water partition coefficient (Wildman–Crippen LogP) is 2.83. The van der Waals surface area contributed by atoms with E-state index in [0.717, 1.165) is 37.0 Å². The number of nitrogens with zero attached hydrogens (tertiary/aromatic N) is 2. The quantitative estimate of drug-likeness (QED) is 0.590. The Morgan fingerprint density at radius 1 is 0.929 bits per heavy atom. The van der Waals surface area contributed by atoms with E-state index in [-0.39, 0.29) is 17.9 Å². The van der Waals surface area contributed by atoms with E-state index >= 15 is 0 Å². The Labute approximate surface area is 166 Å².